The van der Waals surface area contributed by atoms with Crippen molar-refractivity contribution in [2.24, 2.45) is 0 Å². The minimum absolute atomic E-state index is 0.128. The van der Waals surface area contributed by atoms with E-state index in [0.29, 0.717) is 26.3 Å². The van der Waals surface area contributed by atoms with Crippen LogP contribution in [0.15, 0.2) is 4.42 Å². The van der Waals surface area contributed by atoms with Crippen LogP contribution in [0.1, 0.15) is 29.5 Å². The van der Waals surface area contributed by atoms with Crippen molar-refractivity contribution in [3.05, 3.63) is 16.6 Å². The van der Waals surface area contributed by atoms with Crippen molar-refractivity contribution in [2.45, 2.75) is 19.5 Å². The Morgan fingerprint density at radius 2 is 1.96 bits per heavy atom. The lowest BCUT2D eigenvalue weighted by Crippen LogP contribution is -2.36. The highest BCUT2D eigenvalue weighted by molar-refractivity contribution is 6.28. The second kappa shape index (κ2) is 6.21. The van der Waals surface area contributed by atoms with Crippen molar-refractivity contribution in [1.82, 2.24) is 9.97 Å². The van der Waals surface area contributed by atoms with E-state index < -0.39 is 28.8 Å². The molecule has 0 amide bonds. The molecule has 0 aromatic carbocycles. The molecule has 3 rings (SSSR count). The molecule has 1 fully saturated rings. The molecule has 0 aliphatic carbocycles. The smallest absolute Gasteiger partial charge is 0.422 e. The van der Waals surface area contributed by atoms with E-state index in [1.165, 1.54) is 6.92 Å². The largest absolute Gasteiger partial charge is 0.447 e. The molecule has 1 aliphatic heterocycles. The molecular weight excluding hydrogens is 351 g/mol. The Morgan fingerprint density at radius 3 is 2.54 bits per heavy atom. The molecule has 6 nitrogen and oxygen atoms in total. The summed E-state index contributed by atoms with van der Waals surface area (Å²) in [6.07, 6.45) is -4.93. The monoisotopic (exact) mass is 363 g/mol. The van der Waals surface area contributed by atoms with Crippen LogP contribution >= 0.6 is 11.6 Å². The summed E-state index contributed by atoms with van der Waals surface area (Å²) in [7, 11) is 0. The fourth-order valence-electron chi connectivity index (χ4n) is 2.55. The molecule has 24 heavy (non-hydrogen) atoms. The zero-order chi connectivity index (χ0) is 17.5. The van der Waals surface area contributed by atoms with E-state index in [1.54, 1.807) is 4.90 Å². The number of hydrogen-bond acceptors (Lipinski definition) is 6. The normalized spacial score (nSPS) is 16.0. The molecule has 0 unspecified atom stereocenters. The van der Waals surface area contributed by atoms with Gasteiger partial charge in [0.25, 0.3) is 0 Å². The molecule has 0 saturated carbocycles. The molecule has 130 valence electrons. The summed E-state index contributed by atoms with van der Waals surface area (Å²) in [6, 6.07) is 0. The second-order valence-corrected chi connectivity index (χ2v) is 5.51. The minimum Gasteiger partial charge on any atom is -0.447 e. The first-order valence-electron chi connectivity index (χ1n) is 7.26. The number of anilines is 1. The van der Waals surface area contributed by atoms with E-state index in [-0.39, 0.29) is 23.1 Å². The van der Waals surface area contributed by atoms with Crippen molar-refractivity contribution >= 4 is 34.3 Å². The number of ether oxygens (including phenoxy) is 1. The van der Waals surface area contributed by atoms with Gasteiger partial charge in [-0.1, -0.05) is 6.92 Å². The van der Waals surface area contributed by atoms with E-state index in [2.05, 4.69) is 9.97 Å². The van der Waals surface area contributed by atoms with Crippen LogP contribution in [0.2, 0.25) is 5.28 Å². The van der Waals surface area contributed by atoms with Gasteiger partial charge in [0.1, 0.15) is 11.1 Å². The highest BCUT2D eigenvalue weighted by Gasteiger charge is 2.42. The number of rotatable bonds is 3. The van der Waals surface area contributed by atoms with Crippen LogP contribution in [0.3, 0.4) is 0 Å². The van der Waals surface area contributed by atoms with Gasteiger partial charge >= 0.3 is 6.18 Å². The quantitative estimate of drug-likeness (QED) is 0.615. The number of furan rings is 1. The van der Waals surface area contributed by atoms with Gasteiger partial charge in [-0.3, -0.25) is 4.79 Å². The van der Waals surface area contributed by atoms with Crippen LogP contribution in [0, 0.1) is 0 Å². The zero-order valence-electron chi connectivity index (χ0n) is 12.6. The van der Waals surface area contributed by atoms with Crippen molar-refractivity contribution < 1.29 is 27.1 Å². The van der Waals surface area contributed by atoms with Crippen LogP contribution in [0.4, 0.5) is 19.0 Å². The SMILES string of the molecule is CCC(=O)c1oc2c(N3CCOCC3)nc(Cl)nc2c1C(F)(F)F. The number of Topliss-reactive ketones (excluding diaryl/α,β-unsaturated/α-hetero) is 1. The Labute approximate surface area is 139 Å². The number of morpholine rings is 1. The average Bonchev–Trinajstić information content (AvgIpc) is 2.93. The van der Waals surface area contributed by atoms with E-state index in [0.717, 1.165) is 0 Å². The van der Waals surface area contributed by atoms with Gasteiger partial charge in [0, 0.05) is 19.5 Å². The number of carbonyl (C=O) groups excluding carboxylic acids is 1. The maximum absolute atomic E-state index is 13.5. The Kier molecular flexibility index (Phi) is 4.39. The van der Waals surface area contributed by atoms with Gasteiger partial charge in [-0.05, 0) is 11.6 Å². The lowest BCUT2D eigenvalue weighted by molar-refractivity contribution is -0.137. The first kappa shape index (κ1) is 17.0. The highest BCUT2D eigenvalue weighted by atomic mass is 35.5. The molecule has 3 heterocycles. The predicted molar refractivity (Wildman–Crippen MR) is 79.5 cm³/mol. The Bertz CT molecular complexity index is 785. The van der Waals surface area contributed by atoms with E-state index in [4.69, 9.17) is 20.8 Å². The first-order chi connectivity index (χ1) is 11.3. The number of carbonyl (C=O) groups is 1. The molecule has 0 atom stereocenters. The summed E-state index contributed by atoms with van der Waals surface area (Å²) < 4.78 is 50.9. The molecule has 0 spiro atoms. The summed E-state index contributed by atoms with van der Waals surface area (Å²) in [4.78, 5) is 21.3. The van der Waals surface area contributed by atoms with Crippen LogP contribution in [-0.4, -0.2) is 42.1 Å². The van der Waals surface area contributed by atoms with Crippen LogP contribution in [-0.2, 0) is 10.9 Å². The summed E-state index contributed by atoms with van der Waals surface area (Å²) in [5.74, 6) is -1.38. The molecule has 1 aliphatic rings. The van der Waals surface area contributed by atoms with Gasteiger partial charge in [-0.2, -0.15) is 18.2 Å². The number of hydrogen-bond donors (Lipinski definition) is 0. The summed E-state index contributed by atoms with van der Waals surface area (Å²) in [5.41, 5.74) is -1.89. The number of alkyl halides is 3. The predicted octanol–water partition coefficient (Wildman–Crippen LogP) is 3.32. The number of halogens is 4. The fraction of sp³-hybridized carbons (Fsp3) is 0.500. The molecule has 0 bridgehead atoms. The van der Waals surface area contributed by atoms with Gasteiger partial charge in [0.2, 0.25) is 5.28 Å². The van der Waals surface area contributed by atoms with Crippen LogP contribution in [0.25, 0.3) is 11.1 Å². The second-order valence-electron chi connectivity index (χ2n) is 5.17. The molecule has 0 N–H and O–H groups in total. The topological polar surface area (TPSA) is 68.5 Å². The number of ketones is 1. The van der Waals surface area contributed by atoms with Gasteiger partial charge in [-0.25, -0.2) is 4.98 Å². The number of aromatic nitrogens is 2. The lowest BCUT2D eigenvalue weighted by atomic mass is 10.1. The zero-order valence-corrected chi connectivity index (χ0v) is 13.4. The molecule has 1 saturated heterocycles. The highest BCUT2D eigenvalue weighted by Crippen LogP contribution is 2.41. The van der Waals surface area contributed by atoms with Crippen LogP contribution < -0.4 is 4.90 Å². The van der Waals surface area contributed by atoms with Gasteiger partial charge in [0.15, 0.2) is 22.9 Å². The molecule has 2 aromatic rings. The molecule has 10 heteroatoms. The maximum atomic E-state index is 13.5. The molecule has 2 aromatic heterocycles. The Morgan fingerprint density at radius 1 is 1.29 bits per heavy atom. The third-order valence-electron chi connectivity index (χ3n) is 3.66. The Hall–Kier alpha value is -1.87. The van der Waals surface area contributed by atoms with Gasteiger partial charge < -0.3 is 14.1 Å². The van der Waals surface area contributed by atoms with Crippen molar-refractivity contribution in [1.29, 1.82) is 0 Å². The summed E-state index contributed by atoms with van der Waals surface area (Å²) >= 11 is 5.81. The number of nitrogens with zero attached hydrogens (tertiary/aromatic N) is 3. The summed E-state index contributed by atoms with van der Waals surface area (Å²) in [6.45, 7) is 3.09. The van der Waals surface area contributed by atoms with Crippen molar-refractivity contribution in [3.63, 3.8) is 0 Å². The minimum atomic E-state index is -4.80. The fourth-order valence-corrected chi connectivity index (χ4v) is 2.71. The summed E-state index contributed by atoms with van der Waals surface area (Å²) in [5, 5.41) is -0.342. The van der Waals surface area contributed by atoms with Gasteiger partial charge in [0.05, 0.1) is 13.2 Å². The lowest BCUT2D eigenvalue weighted by Gasteiger charge is -2.27. The first-order valence-corrected chi connectivity index (χ1v) is 7.63. The average molecular weight is 364 g/mol. The third-order valence-corrected chi connectivity index (χ3v) is 3.83. The number of fused-ring (bicyclic) bond motifs is 1. The molecule has 0 radical (unpaired) electrons. The van der Waals surface area contributed by atoms with Crippen molar-refractivity contribution in [2.75, 3.05) is 31.2 Å². The standard InChI is InChI=1S/C14H13ClF3N3O3/c1-2-7(22)10-8(14(16,17)18)9-11(24-10)12(20-13(15)19-9)21-3-5-23-6-4-21/h2-6H2,1H3. The van der Waals surface area contributed by atoms with Gasteiger partial charge in [-0.15, -0.1) is 0 Å². The van der Waals surface area contributed by atoms with E-state index in [1.807, 2.05) is 0 Å². The van der Waals surface area contributed by atoms with E-state index in [9.17, 15) is 18.0 Å². The maximum Gasteiger partial charge on any atom is 0.422 e. The third kappa shape index (κ3) is 2.93. The Balaban J connectivity index is 2.28. The molecular formula is C14H13ClF3N3O3. The van der Waals surface area contributed by atoms with Crippen LogP contribution in [0.5, 0.6) is 0 Å². The van der Waals surface area contributed by atoms with Crippen molar-refractivity contribution in [3.8, 4) is 0 Å². The van der Waals surface area contributed by atoms with E-state index >= 15 is 0 Å².